The average molecular weight is 702 g/mol. The minimum atomic E-state index is 0.561. The fourth-order valence-electron chi connectivity index (χ4n) is 7.95. The lowest BCUT2D eigenvalue weighted by Crippen LogP contribution is -2.01. The van der Waals surface area contributed by atoms with Crippen LogP contribution in [0.3, 0.4) is 0 Å². The summed E-state index contributed by atoms with van der Waals surface area (Å²) in [4.78, 5) is 15.6. The first-order valence-electron chi connectivity index (χ1n) is 18.5. The van der Waals surface area contributed by atoms with E-state index in [1.165, 1.54) is 27.1 Å². The molecule has 0 amide bonds. The molecule has 0 unspecified atom stereocenters. The Kier molecular flexibility index (Phi) is 7.14. The molecule has 0 aliphatic carbocycles. The Morgan fingerprint density at radius 3 is 1.55 bits per heavy atom. The smallest absolute Gasteiger partial charge is 0.167 e. The molecule has 4 nitrogen and oxygen atoms in total. The zero-order chi connectivity index (χ0) is 36.3. The van der Waals surface area contributed by atoms with Crippen LogP contribution >= 0.6 is 0 Å². The second kappa shape index (κ2) is 12.6. The minimum absolute atomic E-state index is 0.561. The molecule has 0 aliphatic rings. The van der Waals surface area contributed by atoms with Crippen molar-refractivity contribution < 1.29 is 4.42 Å². The Morgan fingerprint density at radius 1 is 0.291 bits per heavy atom. The van der Waals surface area contributed by atoms with Crippen molar-refractivity contribution in [1.82, 2.24) is 15.0 Å². The van der Waals surface area contributed by atoms with Crippen molar-refractivity contribution in [1.29, 1.82) is 0 Å². The fourth-order valence-corrected chi connectivity index (χ4v) is 7.95. The van der Waals surface area contributed by atoms with Gasteiger partial charge in [-0.25, -0.2) is 15.0 Å². The summed E-state index contributed by atoms with van der Waals surface area (Å²) in [6.07, 6.45) is 0. The summed E-state index contributed by atoms with van der Waals surface area (Å²) in [5.41, 5.74) is 8.89. The Morgan fingerprint density at radius 2 is 0.800 bits per heavy atom. The van der Waals surface area contributed by atoms with Crippen molar-refractivity contribution in [3.05, 3.63) is 188 Å². The lowest BCUT2D eigenvalue weighted by molar-refractivity contribution is 0.669. The Bertz CT molecular complexity index is 3270. The van der Waals surface area contributed by atoms with Gasteiger partial charge in [0.05, 0.1) is 5.56 Å². The van der Waals surface area contributed by atoms with E-state index in [4.69, 9.17) is 19.4 Å². The van der Waals surface area contributed by atoms with Gasteiger partial charge in [-0.15, -0.1) is 0 Å². The van der Waals surface area contributed by atoms with Crippen LogP contribution in [0.4, 0.5) is 0 Å². The molecule has 11 aromatic rings. The second-order valence-electron chi connectivity index (χ2n) is 14.0. The predicted octanol–water partition coefficient (Wildman–Crippen LogP) is 13.6. The van der Waals surface area contributed by atoms with Crippen molar-refractivity contribution in [3.63, 3.8) is 0 Å². The van der Waals surface area contributed by atoms with E-state index in [0.29, 0.717) is 17.5 Å². The zero-order valence-electron chi connectivity index (χ0n) is 29.6. The Labute approximate surface area is 317 Å². The number of furan rings is 1. The molecule has 2 aromatic heterocycles. The molecule has 0 fully saturated rings. The highest BCUT2D eigenvalue weighted by molar-refractivity contribution is 6.09. The van der Waals surface area contributed by atoms with E-state index >= 15 is 0 Å². The second-order valence-corrected chi connectivity index (χ2v) is 14.0. The maximum absolute atomic E-state index is 6.49. The molecule has 0 spiro atoms. The van der Waals surface area contributed by atoms with Crippen LogP contribution in [0.1, 0.15) is 0 Å². The van der Waals surface area contributed by atoms with Crippen molar-refractivity contribution in [2.75, 3.05) is 0 Å². The van der Waals surface area contributed by atoms with Gasteiger partial charge in [0.15, 0.2) is 17.5 Å². The number of para-hydroxylation sites is 2. The van der Waals surface area contributed by atoms with E-state index in [2.05, 4.69) is 164 Å². The van der Waals surface area contributed by atoms with Crippen molar-refractivity contribution in [3.8, 4) is 56.4 Å². The summed E-state index contributed by atoms with van der Waals surface area (Å²) in [6, 6.07) is 65.9. The van der Waals surface area contributed by atoms with Gasteiger partial charge in [-0.3, -0.25) is 0 Å². The summed E-state index contributed by atoms with van der Waals surface area (Å²) >= 11 is 0. The summed E-state index contributed by atoms with van der Waals surface area (Å²) in [5, 5.41) is 9.19. The van der Waals surface area contributed by atoms with E-state index < -0.39 is 0 Å². The summed E-state index contributed by atoms with van der Waals surface area (Å²) in [7, 11) is 0. The lowest BCUT2D eigenvalue weighted by atomic mass is 9.93. The summed E-state index contributed by atoms with van der Waals surface area (Å²) < 4.78 is 6.49. The van der Waals surface area contributed by atoms with Crippen LogP contribution in [0, 0.1) is 0 Å². The molecule has 0 N–H and O–H groups in total. The van der Waals surface area contributed by atoms with Crippen molar-refractivity contribution in [2.45, 2.75) is 0 Å². The number of hydrogen-bond donors (Lipinski definition) is 0. The fraction of sp³-hybridized carbons (Fsp3) is 0. The molecule has 9 aromatic carbocycles. The van der Waals surface area contributed by atoms with Crippen LogP contribution in [0.15, 0.2) is 192 Å². The number of nitrogens with zero attached hydrogens (tertiary/aromatic N) is 3. The number of rotatable bonds is 5. The average Bonchev–Trinajstić information content (AvgIpc) is 3.65. The highest BCUT2D eigenvalue weighted by atomic mass is 16.3. The van der Waals surface area contributed by atoms with Crippen LogP contribution < -0.4 is 0 Å². The molecule has 55 heavy (non-hydrogen) atoms. The first kappa shape index (κ1) is 31.1. The number of benzene rings is 9. The third kappa shape index (κ3) is 5.34. The quantitative estimate of drug-likeness (QED) is 0.179. The van der Waals surface area contributed by atoms with Crippen LogP contribution in [0.5, 0.6) is 0 Å². The molecule has 256 valence electrons. The monoisotopic (exact) mass is 701 g/mol. The summed E-state index contributed by atoms with van der Waals surface area (Å²) in [5.74, 6) is 1.76. The molecule has 0 radical (unpaired) electrons. The lowest BCUT2D eigenvalue weighted by Gasteiger charge is -2.14. The predicted molar refractivity (Wildman–Crippen MR) is 227 cm³/mol. The van der Waals surface area contributed by atoms with Crippen molar-refractivity contribution in [2.24, 2.45) is 0 Å². The van der Waals surface area contributed by atoms with E-state index in [1.54, 1.807) is 0 Å². The maximum atomic E-state index is 6.49. The van der Waals surface area contributed by atoms with E-state index in [-0.39, 0.29) is 0 Å². The van der Waals surface area contributed by atoms with Crippen LogP contribution in [0.2, 0.25) is 0 Å². The van der Waals surface area contributed by atoms with Crippen LogP contribution in [-0.2, 0) is 0 Å². The van der Waals surface area contributed by atoms with Gasteiger partial charge < -0.3 is 4.42 Å². The highest BCUT2D eigenvalue weighted by Gasteiger charge is 2.19. The summed E-state index contributed by atoms with van der Waals surface area (Å²) in [6.45, 7) is 0. The molecule has 0 saturated heterocycles. The Hall–Kier alpha value is -7.43. The number of fused-ring (bicyclic) bond motifs is 6. The third-order valence-corrected chi connectivity index (χ3v) is 10.7. The molecule has 0 aliphatic heterocycles. The Balaban J connectivity index is 1.09. The molecule has 2 heterocycles. The SMILES string of the molecule is c1ccc2cc(-c3ccc(-c4nc(-c5ccc(-c6ccc7ccccc7c6)c6ccccc56)nc(-c5cccc6c5oc5ccccc56)n4)cc3)ccc2c1. The van der Waals surface area contributed by atoms with E-state index in [0.717, 1.165) is 66.1 Å². The van der Waals surface area contributed by atoms with E-state index in [9.17, 15) is 0 Å². The van der Waals surface area contributed by atoms with Gasteiger partial charge in [0.2, 0.25) is 0 Å². The van der Waals surface area contributed by atoms with Gasteiger partial charge in [-0.05, 0) is 84.9 Å². The third-order valence-electron chi connectivity index (χ3n) is 10.7. The molecular weight excluding hydrogens is 671 g/mol. The maximum Gasteiger partial charge on any atom is 0.167 e. The van der Waals surface area contributed by atoms with Gasteiger partial charge in [0.1, 0.15) is 11.2 Å². The molecule has 0 saturated carbocycles. The molecule has 4 heteroatoms. The van der Waals surface area contributed by atoms with Gasteiger partial charge >= 0.3 is 0 Å². The van der Waals surface area contributed by atoms with Gasteiger partial charge in [-0.2, -0.15) is 0 Å². The highest BCUT2D eigenvalue weighted by Crippen LogP contribution is 2.39. The molecule has 0 bridgehead atoms. The van der Waals surface area contributed by atoms with Crippen LogP contribution in [-0.4, -0.2) is 15.0 Å². The van der Waals surface area contributed by atoms with Gasteiger partial charge in [-0.1, -0.05) is 158 Å². The number of aromatic nitrogens is 3. The standard InChI is InChI=1S/C51H31N3O/c1-3-12-36-30-38(26-22-32(36)10-1)34-20-24-35(25-21-34)49-52-50(54-51(53-49)46-18-9-17-44-43-16-7-8-19-47(43)55-48(44)46)45-29-28-40(41-14-5-6-15-42(41)45)39-27-23-33-11-2-4-13-37(33)31-39/h1-31H. The van der Waals surface area contributed by atoms with Crippen molar-refractivity contribution >= 4 is 54.3 Å². The molecule has 0 atom stereocenters. The molecular formula is C51H31N3O. The van der Waals surface area contributed by atoms with Crippen LogP contribution in [0.25, 0.3) is 111 Å². The van der Waals surface area contributed by atoms with E-state index in [1.807, 2.05) is 24.3 Å². The minimum Gasteiger partial charge on any atom is -0.455 e. The molecule has 11 rings (SSSR count). The topological polar surface area (TPSA) is 51.8 Å². The van der Waals surface area contributed by atoms with Gasteiger partial charge in [0, 0.05) is 21.9 Å². The number of hydrogen-bond acceptors (Lipinski definition) is 4. The zero-order valence-corrected chi connectivity index (χ0v) is 29.6. The first-order chi connectivity index (χ1) is 27.2. The largest absolute Gasteiger partial charge is 0.455 e. The first-order valence-corrected chi connectivity index (χ1v) is 18.5. The van der Waals surface area contributed by atoms with Gasteiger partial charge in [0.25, 0.3) is 0 Å². The normalized spacial score (nSPS) is 11.6.